The molecule has 2 heterocycles. The van der Waals surface area contributed by atoms with E-state index in [-0.39, 0.29) is 17.9 Å². The van der Waals surface area contributed by atoms with E-state index in [1.54, 1.807) is 12.1 Å². The van der Waals surface area contributed by atoms with Gasteiger partial charge in [-0.1, -0.05) is 29.8 Å². The van der Waals surface area contributed by atoms with Gasteiger partial charge in [0, 0.05) is 18.1 Å². The van der Waals surface area contributed by atoms with Gasteiger partial charge in [0.2, 0.25) is 10.0 Å². The van der Waals surface area contributed by atoms with E-state index in [1.807, 2.05) is 31.2 Å². The molecule has 0 unspecified atom stereocenters. The van der Waals surface area contributed by atoms with Crippen LogP contribution in [-0.4, -0.2) is 39.9 Å². The van der Waals surface area contributed by atoms with Gasteiger partial charge in [0.25, 0.3) is 5.91 Å². The first kappa shape index (κ1) is 21.6. The van der Waals surface area contributed by atoms with Gasteiger partial charge in [-0.05, 0) is 36.8 Å². The Hall–Kier alpha value is -3.63. The molecule has 0 fully saturated rings. The van der Waals surface area contributed by atoms with Crippen LogP contribution < -0.4 is 5.14 Å². The highest BCUT2D eigenvalue weighted by molar-refractivity contribution is 7.89. The maximum Gasteiger partial charge on any atom is 0.257 e. The molecule has 0 aliphatic carbocycles. The average molecular weight is 453 g/mol. The summed E-state index contributed by atoms with van der Waals surface area (Å²) >= 11 is 0. The SMILES string of the molecule is Cc1ccc(CN(CS(N)(=O)=O)C(=O)c2cncc3c2cnn3-c2ccc(F)cc2)cc1. The third kappa shape index (κ3) is 4.66. The van der Waals surface area contributed by atoms with Gasteiger partial charge in [-0.15, -0.1) is 0 Å². The molecule has 2 aromatic heterocycles. The van der Waals surface area contributed by atoms with Gasteiger partial charge >= 0.3 is 0 Å². The Bertz CT molecular complexity index is 1380. The number of pyridine rings is 1. The van der Waals surface area contributed by atoms with Crippen LogP contribution in [0, 0.1) is 12.7 Å². The van der Waals surface area contributed by atoms with Crippen LogP contribution >= 0.6 is 0 Å². The summed E-state index contributed by atoms with van der Waals surface area (Å²) in [4.78, 5) is 18.7. The second kappa shape index (κ2) is 8.48. The first-order valence-corrected chi connectivity index (χ1v) is 11.4. The van der Waals surface area contributed by atoms with E-state index < -0.39 is 21.8 Å². The lowest BCUT2D eigenvalue weighted by molar-refractivity contribution is 0.0773. The van der Waals surface area contributed by atoms with Crippen molar-refractivity contribution in [2.45, 2.75) is 13.5 Å². The average Bonchev–Trinajstić information content (AvgIpc) is 3.18. The number of nitrogens with zero attached hydrogens (tertiary/aromatic N) is 4. The number of aromatic nitrogens is 3. The van der Waals surface area contributed by atoms with Gasteiger partial charge in [0.15, 0.2) is 0 Å². The summed E-state index contributed by atoms with van der Waals surface area (Å²) < 4.78 is 38.5. The molecule has 0 saturated heterocycles. The van der Waals surface area contributed by atoms with Crippen molar-refractivity contribution in [2.75, 3.05) is 5.88 Å². The number of benzene rings is 2. The fraction of sp³-hybridized carbons (Fsp3) is 0.136. The van der Waals surface area contributed by atoms with Crippen molar-refractivity contribution >= 4 is 26.8 Å². The minimum absolute atomic E-state index is 0.0536. The van der Waals surface area contributed by atoms with Crippen molar-refractivity contribution in [3.05, 3.63) is 89.6 Å². The zero-order valence-electron chi connectivity index (χ0n) is 17.1. The molecule has 32 heavy (non-hydrogen) atoms. The minimum atomic E-state index is -3.97. The molecule has 164 valence electrons. The number of halogens is 1. The summed E-state index contributed by atoms with van der Waals surface area (Å²) in [6.45, 7) is 1.99. The Morgan fingerprint density at radius 2 is 1.75 bits per heavy atom. The molecule has 0 spiro atoms. The molecule has 4 rings (SSSR count). The van der Waals surface area contributed by atoms with Crippen LogP contribution in [0.1, 0.15) is 21.5 Å². The number of aryl methyl sites for hydroxylation is 1. The first-order valence-electron chi connectivity index (χ1n) is 9.64. The van der Waals surface area contributed by atoms with E-state index in [4.69, 9.17) is 5.14 Å². The summed E-state index contributed by atoms with van der Waals surface area (Å²) in [5.41, 5.74) is 3.10. The number of carbonyl (C=O) groups excluding carboxylic acids is 1. The predicted molar refractivity (Wildman–Crippen MR) is 118 cm³/mol. The molecule has 2 aromatic carbocycles. The van der Waals surface area contributed by atoms with Crippen LogP contribution in [0.5, 0.6) is 0 Å². The normalized spacial score (nSPS) is 11.6. The van der Waals surface area contributed by atoms with Gasteiger partial charge < -0.3 is 4.90 Å². The van der Waals surface area contributed by atoms with E-state index in [0.29, 0.717) is 16.6 Å². The highest BCUT2D eigenvalue weighted by Crippen LogP contribution is 2.23. The number of hydrogen-bond acceptors (Lipinski definition) is 5. The van der Waals surface area contributed by atoms with Crippen LogP contribution in [0.3, 0.4) is 0 Å². The number of nitrogens with two attached hydrogens (primary N) is 1. The van der Waals surface area contributed by atoms with Crippen molar-refractivity contribution in [2.24, 2.45) is 5.14 Å². The number of amides is 1. The lowest BCUT2D eigenvalue weighted by Crippen LogP contribution is -2.38. The Morgan fingerprint density at radius 1 is 1.06 bits per heavy atom. The molecule has 0 saturated carbocycles. The molecule has 0 atom stereocenters. The fourth-order valence-electron chi connectivity index (χ4n) is 3.38. The molecule has 10 heteroatoms. The lowest BCUT2D eigenvalue weighted by atomic mass is 10.1. The zero-order chi connectivity index (χ0) is 22.9. The van der Waals surface area contributed by atoms with Crippen LogP contribution in [0.15, 0.2) is 67.1 Å². The number of primary sulfonamides is 1. The Kier molecular flexibility index (Phi) is 5.72. The van der Waals surface area contributed by atoms with Crippen molar-refractivity contribution in [1.82, 2.24) is 19.7 Å². The zero-order valence-corrected chi connectivity index (χ0v) is 18.0. The number of carbonyl (C=O) groups is 1. The first-order chi connectivity index (χ1) is 15.2. The molecule has 0 aliphatic heterocycles. The van der Waals surface area contributed by atoms with Crippen molar-refractivity contribution < 1.29 is 17.6 Å². The van der Waals surface area contributed by atoms with E-state index in [9.17, 15) is 17.6 Å². The quantitative estimate of drug-likeness (QED) is 0.483. The molecule has 0 bridgehead atoms. The topological polar surface area (TPSA) is 111 Å². The summed E-state index contributed by atoms with van der Waals surface area (Å²) in [5, 5.41) is 10.0. The Morgan fingerprint density at radius 3 is 2.41 bits per heavy atom. The number of hydrogen-bond donors (Lipinski definition) is 1. The summed E-state index contributed by atoms with van der Waals surface area (Å²) in [6, 6.07) is 13.1. The molecule has 4 aromatic rings. The van der Waals surface area contributed by atoms with E-state index in [2.05, 4.69) is 10.1 Å². The van der Waals surface area contributed by atoms with Gasteiger partial charge in [-0.3, -0.25) is 9.78 Å². The highest BCUT2D eigenvalue weighted by Gasteiger charge is 2.24. The van der Waals surface area contributed by atoms with Gasteiger partial charge in [-0.2, -0.15) is 5.10 Å². The third-order valence-corrected chi connectivity index (χ3v) is 5.59. The Balaban J connectivity index is 1.73. The van der Waals surface area contributed by atoms with Crippen LogP contribution in [0.25, 0.3) is 16.6 Å². The van der Waals surface area contributed by atoms with E-state index >= 15 is 0 Å². The van der Waals surface area contributed by atoms with Crippen molar-refractivity contribution in [1.29, 1.82) is 0 Å². The minimum Gasteiger partial charge on any atom is -0.318 e. The highest BCUT2D eigenvalue weighted by atomic mass is 32.2. The smallest absolute Gasteiger partial charge is 0.257 e. The van der Waals surface area contributed by atoms with Crippen molar-refractivity contribution in [3.63, 3.8) is 0 Å². The summed E-state index contributed by atoms with van der Waals surface area (Å²) in [7, 11) is -3.97. The van der Waals surface area contributed by atoms with Crippen LogP contribution in [0.2, 0.25) is 0 Å². The van der Waals surface area contributed by atoms with Crippen LogP contribution in [-0.2, 0) is 16.6 Å². The monoisotopic (exact) mass is 453 g/mol. The second-order valence-corrected chi connectivity index (χ2v) is 9.02. The second-order valence-electron chi connectivity index (χ2n) is 7.43. The molecule has 2 N–H and O–H groups in total. The summed E-state index contributed by atoms with van der Waals surface area (Å²) in [6.07, 6.45) is 4.40. The standard InChI is InChI=1S/C22H20FN5O3S/c1-15-2-4-16(5-3-15)13-27(14-32(24,30)31)22(29)20-10-25-12-21-19(20)11-26-28(21)18-8-6-17(23)7-9-18/h2-12H,13-14H2,1H3,(H2,24,30,31). The van der Waals surface area contributed by atoms with Gasteiger partial charge in [0.05, 0.1) is 29.2 Å². The maximum atomic E-state index is 13.4. The predicted octanol–water partition coefficient (Wildman–Crippen LogP) is 2.76. The molecular weight excluding hydrogens is 433 g/mol. The Labute approximate surface area is 184 Å². The number of fused-ring (bicyclic) bond motifs is 1. The van der Waals surface area contributed by atoms with Gasteiger partial charge in [-0.25, -0.2) is 22.6 Å². The number of rotatable bonds is 6. The lowest BCUT2D eigenvalue weighted by Gasteiger charge is -2.22. The van der Waals surface area contributed by atoms with E-state index in [1.165, 1.54) is 35.4 Å². The van der Waals surface area contributed by atoms with Crippen molar-refractivity contribution in [3.8, 4) is 5.69 Å². The third-order valence-electron chi connectivity index (χ3n) is 4.92. The molecule has 8 nitrogen and oxygen atoms in total. The maximum absolute atomic E-state index is 13.4. The van der Waals surface area contributed by atoms with E-state index in [0.717, 1.165) is 16.0 Å². The largest absolute Gasteiger partial charge is 0.318 e. The number of sulfonamides is 1. The fourth-order valence-corrected chi connectivity index (χ4v) is 4.02. The molecule has 1 amide bonds. The molecule has 0 radical (unpaired) electrons. The van der Waals surface area contributed by atoms with Gasteiger partial charge in [0.1, 0.15) is 11.7 Å². The molecular formula is C22H20FN5O3S. The molecule has 0 aliphatic rings. The summed E-state index contributed by atoms with van der Waals surface area (Å²) in [5.74, 6) is -1.58. The van der Waals surface area contributed by atoms with Crippen LogP contribution in [0.4, 0.5) is 4.39 Å².